The highest BCUT2D eigenvalue weighted by atomic mass is 16.2. The van der Waals surface area contributed by atoms with Crippen molar-refractivity contribution in [3.05, 3.63) is 23.8 Å². The van der Waals surface area contributed by atoms with E-state index in [0.717, 1.165) is 38.5 Å². The highest BCUT2D eigenvalue weighted by molar-refractivity contribution is 6.12. The molecule has 2 fully saturated rings. The second kappa shape index (κ2) is 6.72. The maximum absolute atomic E-state index is 12.6. The van der Waals surface area contributed by atoms with Crippen LogP contribution >= 0.6 is 0 Å². The molecule has 3 aliphatic rings. The third kappa shape index (κ3) is 3.31. The van der Waals surface area contributed by atoms with Gasteiger partial charge in [-0.2, -0.15) is 0 Å². The van der Waals surface area contributed by atoms with Gasteiger partial charge in [0.05, 0.1) is 11.4 Å². The number of nitrogens with zero attached hydrogens (tertiary/aromatic N) is 1. The lowest BCUT2D eigenvalue weighted by Gasteiger charge is -2.31. The van der Waals surface area contributed by atoms with Crippen LogP contribution in [0, 0.1) is 5.92 Å². The molecule has 0 aromatic heterocycles. The number of anilines is 2. The summed E-state index contributed by atoms with van der Waals surface area (Å²) in [5.74, 6) is -0.413. The largest absolute Gasteiger partial charge is 0.348 e. The number of hydrogen-bond donors (Lipinski definition) is 3. The summed E-state index contributed by atoms with van der Waals surface area (Å²) in [6, 6.07) is 5.05. The highest BCUT2D eigenvalue weighted by Gasteiger charge is 2.37. The second-order valence-corrected chi connectivity index (χ2v) is 7.51. The molecule has 0 bridgehead atoms. The van der Waals surface area contributed by atoms with Gasteiger partial charge in [-0.25, -0.2) is 0 Å². The summed E-state index contributed by atoms with van der Waals surface area (Å²) >= 11 is 0. The van der Waals surface area contributed by atoms with Crippen molar-refractivity contribution in [1.29, 1.82) is 0 Å². The van der Waals surface area contributed by atoms with Crippen LogP contribution in [0.2, 0.25) is 0 Å². The Morgan fingerprint density at radius 2 is 1.92 bits per heavy atom. The molecule has 1 aromatic rings. The molecule has 0 spiro atoms. The first kappa shape index (κ1) is 17.0. The van der Waals surface area contributed by atoms with Gasteiger partial charge in [0.2, 0.25) is 11.8 Å². The summed E-state index contributed by atoms with van der Waals surface area (Å²) in [5, 5.41) is 5.78. The molecule has 7 nitrogen and oxygen atoms in total. The molecule has 1 aliphatic heterocycles. The summed E-state index contributed by atoms with van der Waals surface area (Å²) in [5.41, 5.74) is 7.73. The van der Waals surface area contributed by atoms with E-state index < -0.39 is 0 Å². The Kier molecular flexibility index (Phi) is 4.40. The van der Waals surface area contributed by atoms with E-state index in [4.69, 9.17) is 5.73 Å². The van der Waals surface area contributed by atoms with Crippen LogP contribution in [0.15, 0.2) is 18.2 Å². The number of rotatable bonds is 3. The Bertz CT molecular complexity index is 759. The predicted octanol–water partition coefficient (Wildman–Crippen LogP) is 1.38. The van der Waals surface area contributed by atoms with Crippen LogP contribution in [-0.2, 0) is 9.59 Å². The van der Waals surface area contributed by atoms with Gasteiger partial charge < -0.3 is 21.3 Å². The van der Waals surface area contributed by atoms with E-state index in [1.54, 1.807) is 18.2 Å². The fourth-order valence-electron chi connectivity index (χ4n) is 3.77. The fourth-order valence-corrected chi connectivity index (χ4v) is 3.77. The molecule has 0 radical (unpaired) electrons. The van der Waals surface area contributed by atoms with Crippen LogP contribution in [0.1, 0.15) is 48.9 Å². The molecular formula is C19H24N4O3. The summed E-state index contributed by atoms with van der Waals surface area (Å²) < 4.78 is 0. The van der Waals surface area contributed by atoms with Crippen molar-refractivity contribution in [2.75, 3.05) is 16.8 Å². The Morgan fingerprint density at radius 1 is 1.15 bits per heavy atom. The summed E-state index contributed by atoms with van der Waals surface area (Å²) in [6.07, 6.45) is 5.74. The number of nitrogens with one attached hydrogen (secondary N) is 2. The van der Waals surface area contributed by atoms with Crippen LogP contribution < -0.4 is 21.3 Å². The molecule has 4 N–H and O–H groups in total. The smallest absolute Gasteiger partial charge is 0.251 e. The summed E-state index contributed by atoms with van der Waals surface area (Å²) in [4.78, 5) is 38.6. The Morgan fingerprint density at radius 3 is 2.65 bits per heavy atom. The molecule has 2 atom stereocenters. The van der Waals surface area contributed by atoms with Gasteiger partial charge in [-0.1, -0.05) is 12.8 Å². The van der Waals surface area contributed by atoms with Gasteiger partial charge in [0, 0.05) is 23.6 Å². The lowest BCUT2D eigenvalue weighted by molar-refractivity contribution is -0.122. The number of benzene rings is 1. The average molecular weight is 356 g/mol. The predicted molar refractivity (Wildman–Crippen MR) is 97.8 cm³/mol. The van der Waals surface area contributed by atoms with Gasteiger partial charge in [0.1, 0.15) is 6.54 Å². The molecule has 3 amide bonds. The van der Waals surface area contributed by atoms with Crippen LogP contribution in [0.4, 0.5) is 11.4 Å². The number of fused-ring (bicyclic) bond motifs is 1. The van der Waals surface area contributed by atoms with Crippen molar-refractivity contribution in [2.24, 2.45) is 11.7 Å². The highest BCUT2D eigenvalue weighted by Crippen LogP contribution is 2.37. The molecule has 138 valence electrons. The van der Waals surface area contributed by atoms with E-state index in [-0.39, 0.29) is 42.3 Å². The van der Waals surface area contributed by atoms with E-state index in [9.17, 15) is 14.4 Å². The Balaban J connectivity index is 1.54. The first-order chi connectivity index (χ1) is 12.5. The number of hydrogen-bond acceptors (Lipinski definition) is 4. The number of carbonyl (C=O) groups excluding carboxylic acids is 3. The number of amides is 3. The topological polar surface area (TPSA) is 105 Å². The molecule has 1 heterocycles. The van der Waals surface area contributed by atoms with Crippen molar-refractivity contribution < 1.29 is 14.4 Å². The quantitative estimate of drug-likeness (QED) is 0.761. The minimum atomic E-state index is -0.238. The van der Waals surface area contributed by atoms with Gasteiger partial charge in [0.25, 0.3) is 5.91 Å². The first-order valence-corrected chi connectivity index (χ1v) is 9.34. The van der Waals surface area contributed by atoms with Crippen molar-refractivity contribution in [2.45, 2.75) is 50.6 Å². The van der Waals surface area contributed by atoms with Gasteiger partial charge in [-0.3, -0.25) is 14.4 Å². The summed E-state index contributed by atoms with van der Waals surface area (Å²) in [6.45, 7) is 0.0325. The van der Waals surface area contributed by atoms with Crippen LogP contribution in [0.3, 0.4) is 0 Å². The lowest BCUT2D eigenvalue weighted by atomic mass is 9.91. The minimum Gasteiger partial charge on any atom is -0.348 e. The lowest BCUT2D eigenvalue weighted by Crippen LogP contribution is -2.49. The molecule has 2 unspecified atom stereocenters. The van der Waals surface area contributed by atoms with Crippen molar-refractivity contribution in [3.8, 4) is 0 Å². The summed E-state index contributed by atoms with van der Waals surface area (Å²) in [7, 11) is 0. The first-order valence-electron chi connectivity index (χ1n) is 9.34. The maximum atomic E-state index is 12.6. The van der Waals surface area contributed by atoms with Crippen molar-refractivity contribution in [1.82, 2.24) is 5.32 Å². The van der Waals surface area contributed by atoms with Gasteiger partial charge in [-0.15, -0.1) is 0 Å². The SMILES string of the molecule is NC1CCCCC1NC(=O)c1ccc2c(c1)NC(=O)CN2C(=O)C1CC1. The minimum absolute atomic E-state index is 0.00789. The van der Waals surface area contributed by atoms with Crippen LogP contribution in [0.5, 0.6) is 0 Å². The second-order valence-electron chi connectivity index (χ2n) is 7.51. The van der Waals surface area contributed by atoms with E-state index >= 15 is 0 Å². The number of carbonyl (C=O) groups is 3. The molecule has 2 saturated carbocycles. The van der Waals surface area contributed by atoms with Gasteiger partial charge in [-0.05, 0) is 43.9 Å². The van der Waals surface area contributed by atoms with Gasteiger partial charge >= 0.3 is 0 Å². The third-order valence-electron chi connectivity index (χ3n) is 5.45. The monoisotopic (exact) mass is 356 g/mol. The molecule has 1 aromatic carbocycles. The van der Waals surface area contributed by atoms with Crippen molar-refractivity contribution in [3.63, 3.8) is 0 Å². The fraction of sp³-hybridized carbons (Fsp3) is 0.526. The normalized spacial score (nSPS) is 25.3. The molecular weight excluding hydrogens is 332 g/mol. The van der Waals surface area contributed by atoms with E-state index in [1.165, 1.54) is 4.90 Å². The van der Waals surface area contributed by atoms with Crippen LogP contribution in [-0.4, -0.2) is 36.3 Å². The molecule has 4 rings (SSSR count). The molecule has 2 aliphatic carbocycles. The Hall–Kier alpha value is -2.41. The maximum Gasteiger partial charge on any atom is 0.251 e. The zero-order valence-electron chi connectivity index (χ0n) is 14.7. The zero-order chi connectivity index (χ0) is 18.3. The zero-order valence-corrected chi connectivity index (χ0v) is 14.7. The van der Waals surface area contributed by atoms with E-state index in [0.29, 0.717) is 16.9 Å². The standard InChI is InChI=1S/C19H24N4O3/c20-13-3-1-2-4-14(13)22-18(25)12-7-8-16-15(9-12)21-17(24)10-23(16)19(26)11-5-6-11/h7-9,11,13-14H,1-6,10,20H2,(H,21,24)(H,22,25). The Labute approximate surface area is 152 Å². The third-order valence-corrected chi connectivity index (χ3v) is 5.45. The molecule has 26 heavy (non-hydrogen) atoms. The average Bonchev–Trinajstić information content (AvgIpc) is 3.47. The molecule has 0 saturated heterocycles. The van der Waals surface area contributed by atoms with Crippen LogP contribution in [0.25, 0.3) is 0 Å². The van der Waals surface area contributed by atoms with Gasteiger partial charge in [0.15, 0.2) is 0 Å². The van der Waals surface area contributed by atoms with E-state index in [1.807, 2.05) is 0 Å². The van der Waals surface area contributed by atoms with Crippen molar-refractivity contribution >= 4 is 29.1 Å². The van der Waals surface area contributed by atoms with E-state index in [2.05, 4.69) is 10.6 Å². The molecule has 7 heteroatoms. The number of nitrogens with two attached hydrogens (primary N) is 1.